The van der Waals surface area contributed by atoms with Crippen LogP contribution in [0.2, 0.25) is 0 Å². The minimum absolute atomic E-state index is 0.0846. The number of pyridine rings is 1. The van der Waals surface area contributed by atoms with Gasteiger partial charge in [0.25, 0.3) is 0 Å². The van der Waals surface area contributed by atoms with Crippen LogP contribution >= 0.6 is 0 Å². The molecule has 0 aliphatic carbocycles. The van der Waals surface area contributed by atoms with Crippen LogP contribution in [-0.4, -0.2) is 23.5 Å². The third kappa shape index (κ3) is 3.05. The number of rotatable bonds is 2. The predicted molar refractivity (Wildman–Crippen MR) is 85.3 cm³/mol. The lowest BCUT2D eigenvalue weighted by Crippen LogP contribution is -2.40. The van der Waals surface area contributed by atoms with Crippen LogP contribution in [0.5, 0.6) is 0 Å². The lowest BCUT2D eigenvalue weighted by molar-refractivity contribution is -0.120. The van der Waals surface area contributed by atoms with E-state index in [0.29, 0.717) is 6.04 Å². The second kappa shape index (κ2) is 5.82. The standard InChI is InChI=1S/C17H21N3O/c1-11-6-7-13-4-3-5-15(16(13)19-11)20-17(21)14-8-9-18-12(2)10-14/h3-7,12,14,18H,8-10H2,1-2H3,(H,20,21)/t12-,14-/m0/s1. The molecule has 1 saturated heterocycles. The highest BCUT2D eigenvalue weighted by atomic mass is 16.1. The largest absolute Gasteiger partial charge is 0.324 e. The van der Waals surface area contributed by atoms with Gasteiger partial charge in [-0.1, -0.05) is 18.2 Å². The number of hydrogen-bond acceptors (Lipinski definition) is 3. The Morgan fingerprint density at radius 2 is 2.19 bits per heavy atom. The van der Waals surface area contributed by atoms with Crippen LogP contribution in [0.15, 0.2) is 30.3 Å². The van der Waals surface area contributed by atoms with Gasteiger partial charge in [-0.25, -0.2) is 0 Å². The molecule has 3 rings (SSSR count). The number of anilines is 1. The Morgan fingerprint density at radius 1 is 1.33 bits per heavy atom. The first-order valence-electron chi connectivity index (χ1n) is 7.54. The van der Waals surface area contributed by atoms with E-state index in [1.165, 1.54) is 0 Å². The van der Waals surface area contributed by atoms with Gasteiger partial charge in [-0.05, 0) is 45.4 Å². The lowest BCUT2D eigenvalue weighted by atomic mass is 9.92. The molecule has 2 atom stereocenters. The highest BCUT2D eigenvalue weighted by Gasteiger charge is 2.25. The highest BCUT2D eigenvalue weighted by molar-refractivity contribution is 6.01. The maximum Gasteiger partial charge on any atom is 0.227 e. The number of para-hydroxylation sites is 1. The molecule has 2 N–H and O–H groups in total. The maximum absolute atomic E-state index is 12.5. The number of nitrogens with zero attached hydrogens (tertiary/aromatic N) is 1. The number of piperidine rings is 1. The molecule has 0 spiro atoms. The summed E-state index contributed by atoms with van der Waals surface area (Å²) in [5.74, 6) is 0.195. The van der Waals surface area contributed by atoms with Gasteiger partial charge in [-0.15, -0.1) is 0 Å². The topological polar surface area (TPSA) is 54.0 Å². The van der Waals surface area contributed by atoms with Gasteiger partial charge in [-0.3, -0.25) is 9.78 Å². The first kappa shape index (κ1) is 14.0. The van der Waals surface area contributed by atoms with Crippen LogP contribution in [-0.2, 0) is 4.79 Å². The molecule has 0 bridgehead atoms. The molecule has 110 valence electrons. The van der Waals surface area contributed by atoms with Crippen molar-refractivity contribution in [3.8, 4) is 0 Å². The Morgan fingerprint density at radius 3 is 3.00 bits per heavy atom. The van der Waals surface area contributed by atoms with Gasteiger partial charge in [0.1, 0.15) is 0 Å². The fraction of sp³-hybridized carbons (Fsp3) is 0.412. The van der Waals surface area contributed by atoms with Crippen molar-refractivity contribution in [3.63, 3.8) is 0 Å². The SMILES string of the molecule is Cc1ccc2cccc(NC(=O)[C@H]3CCN[C@@H](C)C3)c2n1. The number of hydrogen-bond donors (Lipinski definition) is 2. The number of benzene rings is 1. The van der Waals surface area contributed by atoms with Crippen molar-refractivity contribution < 1.29 is 4.79 Å². The van der Waals surface area contributed by atoms with Crippen molar-refractivity contribution in [3.05, 3.63) is 36.0 Å². The fourth-order valence-electron chi connectivity index (χ4n) is 2.95. The molecule has 4 nitrogen and oxygen atoms in total. The zero-order valence-electron chi connectivity index (χ0n) is 12.5. The smallest absolute Gasteiger partial charge is 0.227 e. The van der Waals surface area contributed by atoms with E-state index in [2.05, 4.69) is 22.5 Å². The van der Waals surface area contributed by atoms with E-state index in [1.54, 1.807) is 0 Å². The maximum atomic E-state index is 12.5. The Hall–Kier alpha value is -1.94. The van der Waals surface area contributed by atoms with Crippen molar-refractivity contribution in [2.24, 2.45) is 5.92 Å². The molecule has 0 unspecified atom stereocenters. The van der Waals surface area contributed by atoms with Crippen LogP contribution in [0, 0.1) is 12.8 Å². The van der Waals surface area contributed by atoms with Gasteiger partial charge < -0.3 is 10.6 Å². The number of carbonyl (C=O) groups excluding carboxylic acids is 1. The normalized spacial score (nSPS) is 22.2. The van der Waals surface area contributed by atoms with Crippen molar-refractivity contribution in [2.75, 3.05) is 11.9 Å². The fourth-order valence-corrected chi connectivity index (χ4v) is 2.95. The molecular formula is C17H21N3O. The Kier molecular flexibility index (Phi) is 3.88. The number of carbonyl (C=O) groups is 1. The summed E-state index contributed by atoms with van der Waals surface area (Å²) in [7, 11) is 0. The summed E-state index contributed by atoms with van der Waals surface area (Å²) in [5.41, 5.74) is 2.64. The van der Waals surface area contributed by atoms with E-state index in [4.69, 9.17) is 0 Å². The molecule has 4 heteroatoms. The number of nitrogens with one attached hydrogen (secondary N) is 2. The number of fused-ring (bicyclic) bond motifs is 1. The van der Waals surface area contributed by atoms with Gasteiger partial charge in [0.15, 0.2) is 0 Å². The summed E-state index contributed by atoms with van der Waals surface area (Å²) in [6.07, 6.45) is 1.79. The van der Waals surface area contributed by atoms with Gasteiger partial charge >= 0.3 is 0 Å². The van der Waals surface area contributed by atoms with E-state index in [1.807, 2.05) is 37.3 Å². The molecular weight excluding hydrogens is 262 g/mol. The number of aromatic nitrogens is 1. The van der Waals surface area contributed by atoms with E-state index in [0.717, 1.165) is 41.7 Å². The summed E-state index contributed by atoms with van der Waals surface area (Å²) in [6.45, 7) is 5.00. The van der Waals surface area contributed by atoms with Crippen molar-refractivity contribution in [1.29, 1.82) is 0 Å². The third-order valence-corrected chi connectivity index (χ3v) is 4.11. The second-order valence-corrected chi connectivity index (χ2v) is 5.90. The first-order valence-corrected chi connectivity index (χ1v) is 7.54. The van der Waals surface area contributed by atoms with Crippen LogP contribution in [0.4, 0.5) is 5.69 Å². The van der Waals surface area contributed by atoms with Crippen LogP contribution < -0.4 is 10.6 Å². The highest BCUT2D eigenvalue weighted by Crippen LogP contribution is 2.24. The zero-order chi connectivity index (χ0) is 14.8. The Labute approximate surface area is 125 Å². The lowest BCUT2D eigenvalue weighted by Gasteiger charge is -2.27. The molecule has 1 aliphatic heterocycles. The molecule has 0 saturated carbocycles. The summed E-state index contributed by atoms with van der Waals surface area (Å²) in [5, 5.41) is 7.50. The Balaban J connectivity index is 1.84. The average Bonchev–Trinajstić information content (AvgIpc) is 2.48. The molecule has 1 aromatic heterocycles. The first-order chi connectivity index (χ1) is 10.1. The van der Waals surface area contributed by atoms with E-state index >= 15 is 0 Å². The van der Waals surface area contributed by atoms with E-state index in [9.17, 15) is 4.79 Å². The Bertz CT molecular complexity index is 668. The summed E-state index contributed by atoms with van der Waals surface area (Å²) in [6, 6.07) is 10.3. The third-order valence-electron chi connectivity index (χ3n) is 4.11. The quantitative estimate of drug-likeness (QED) is 0.891. The van der Waals surface area contributed by atoms with Crippen LogP contribution in [0.1, 0.15) is 25.5 Å². The molecule has 2 heterocycles. The van der Waals surface area contributed by atoms with Gasteiger partial charge in [0.2, 0.25) is 5.91 Å². The molecule has 1 fully saturated rings. The summed E-state index contributed by atoms with van der Waals surface area (Å²) >= 11 is 0. The summed E-state index contributed by atoms with van der Waals surface area (Å²) in [4.78, 5) is 17.0. The minimum atomic E-state index is 0.0846. The van der Waals surface area contributed by atoms with E-state index < -0.39 is 0 Å². The molecule has 2 aromatic rings. The van der Waals surface area contributed by atoms with Crippen molar-refractivity contribution in [1.82, 2.24) is 10.3 Å². The zero-order valence-corrected chi connectivity index (χ0v) is 12.5. The molecule has 1 aromatic carbocycles. The van der Waals surface area contributed by atoms with E-state index in [-0.39, 0.29) is 11.8 Å². The summed E-state index contributed by atoms with van der Waals surface area (Å²) < 4.78 is 0. The van der Waals surface area contributed by atoms with Crippen LogP contribution in [0.3, 0.4) is 0 Å². The second-order valence-electron chi connectivity index (χ2n) is 5.90. The minimum Gasteiger partial charge on any atom is -0.324 e. The van der Waals surface area contributed by atoms with Gasteiger partial charge in [0, 0.05) is 23.0 Å². The molecule has 1 aliphatic rings. The van der Waals surface area contributed by atoms with Gasteiger partial charge in [0.05, 0.1) is 11.2 Å². The molecule has 1 amide bonds. The predicted octanol–water partition coefficient (Wildman–Crippen LogP) is 2.87. The van der Waals surface area contributed by atoms with Crippen molar-refractivity contribution in [2.45, 2.75) is 32.7 Å². The monoisotopic (exact) mass is 283 g/mol. The van der Waals surface area contributed by atoms with Gasteiger partial charge in [-0.2, -0.15) is 0 Å². The number of aryl methyl sites for hydroxylation is 1. The van der Waals surface area contributed by atoms with Crippen LogP contribution in [0.25, 0.3) is 10.9 Å². The average molecular weight is 283 g/mol. The number of amides is 1. The molecule has 21 heavy (non-hydrogen) atoms. The van der Waals surface area contributed by atoms with Crippen molar-refractivity contribution >= 4 is 22.5 Å². The molecule has 0 radical (unpaired) electrons.